The van der Waals surface area contributed by atoms with Crippen molar-refractivity contribution in [1.29, 1.82) is 0 Å². The van der Waals surface area contributed by atoms with Gasteiger partial charge in [0.05, 0.1) is 18.8 Å². The van der Waals surface area contributed by atoms with Crippen LogP contribution in [0.5, 0.6) is 0 Å². The Morgan fingerprint density at radius 1 is 1.40 bits per heavy atom. The molecular weight excluding hydrogens is 459 g/mol. The maximum Gasteiger partial charge on any atom is 0.276 e. The number of amides is 1. The minimum atomic E-state index is -0.483. The van der Waals surface area contributed by atoms with E-state index in [1.54, 1.807) is 14.0 Å². The Morgan fingerprint density at radius 2 is 2.12 bits per heavy atom. The second-order valence-electron chi connectivity index (χ2n) is 5.47. The minimum absolute atomic E-state index is 0.0191. The highest BCUT2D eigenvalue weighted by atomic mass is 127. The molecule has 0 atom stereocenters. The van der Waals surface area contributed by atoms with Gasteiger partial charge in [0, 0.05) is 33.3 Å². The Labute approximate surface area is 163 Å². The summed E-state index contributed by atoms with van der Waals surface area (Å²) in [5, 5.41) is 9.31. The maximum atomic E-state index is 12.4. The van der Waals surface area contributed by atoms with Gasteiger partial charge in [-0.25, -0.2) is 5.48 Å². The van der Waals surface area contributed by atoms with Gasteiger partial charge in [-0.15, -0.1) is 0 Å². The molecule has 2 rings (SSSR count). The maximum absolute atomic E-state index is 12.4. The van der Waals surface area contributed by atoms with Crippen LogP contribution in [0.4, 0.5) is 0 Å². The van der Waals surface area contributed by atoms with E-state index in [4.69, 9.17) is 21.5 Å². The molecule has 0 aliphatic carbocycles. The largest absolute Gasteiger partial charge is 0.394 e. The quantitative estimate of drug-likeness (QED) is 0.381. The van der Waals surface area contributed by atoms with Crippen LogP contribution in [-0.4, -0.2) is 28.8 Å². The van der Waals surface area contributed by atoms with Gasteiger partial charge in [0.25, 0.3) is 11.5 Å². The monoisotopic (exact) mass is 476 g/mol. The number of pyridine rings is 1. The highest BCUT2D eigenvalue weighted by Crippen LogP contribution is 2.23. The van der Waals surface area contributed by atoms with Crippen LogP contribution in [0.1, 0.15) is 27.2 Å². The molecule has 0 bridgehead atoms. The van der Waals surface area contributed by atoms with Crippen molar-refractivity contribution >= 4 is 40.1 Å². The van der Waals surface area contributed by atoms with E-state index in [-0.39, 0.29) is 18.8 Å². The fraction of sp³-hybridized carbons (Fsp3) is 0.294. The van der Waals surface area contributed by atoms with Crippen molar-refractivity contribution < 1.29 is 14.7 Å². The van der Waals surface area contributed by atoms with E-state index >= 15 is 0 Å². The summed E-state index contributed by atoms with van der Waals surface area (Å²) in [6, 6.07) is 7.15. The molecule has 0 saturated carbocycles. The Bertz CT molecular complexity index is 851. The number of hydroxylamine groups is 1. The predicted molar refractivity (Wildman–Crippen MR) is 104 cm³/mol. The van der Waals surface area contributed by atoms with Gasteiger partial charge < -0.3 is 9.67 Å². The van der Waals surface area contributed by atoms with Crippen LogP contribution in [0.3, 0.4) is 0 Å². The average molecular weight is 477 g/mol. The van der Waals surface area contributed by atoms with Gasteiger partial charge in [-0.2, -0.15) is 0 Å². The summed E-state index contributed by atoms with van der Waals surface area (Å²) in [5.41, 5.74) is 4.22. The summed E-state index contributed by atoms with van der Waals surface area (Å²) in [4.78, 5) is 29.6. The van der Waals surface area contributed by atoms with E-state index in [1.165, 1.54) is 10.6 Å². The lowest BCUT2D eigenvalue weighted by Gasteiger charge is -2.16. The van der Waals surface area contributed by atoms with Gasteiger partial charge in [-0.3, -0.25) is 14.4 Å². The number of nitrogens with one attached hydrogen (secondary N) is 1. The number of rotatable bonds is 6. The standard InChI is InChI=1S/C17H18ClIN2O4/c1-10-7-13(16(23)20-25-6-5-22)15(21(2)17(10)24)8-11-3-4-12(19)9-14(11)18/h3-4,7,9,22H,5-6,8H2,1-2H3,(H,20,23). The zero-order valence-electron chi connectivity index (χ0n) is 13.8. The van der Waals surface area contributed by atoms with E-state index in [1.807, 2.05) is 18.2 Å². The van der Waals surface area contributed by atoms with Gasteiger partial charge in [-0.05, 0) is 53.3 Å². The summed E-state index contributed by atoms with van der Waals surface area (Å²) in [6.45, 7) is 1.42. The number of benzene rings is 1. The number of hydrogen-bond donors (Lipinski definition) is 2. The topological polar surface area (TPSA) is 80.6 Å². The van der Waals surface area contributed by atoms with Gasteiger partial charge >= 0.3 is 0 Å². The number of aliphatic hydroxyl groups excluding tert-OH is 1. The minimum Gasteiger partial charge on any atom is -0.394 e. The third-order valence-electron chi connectivity index (χ3n) is 3.69. The Morgan fingerprint density at radius 3 is 2.76 bits per heavy atom. The van der Waals surface area contributed by atoms with Crippen LogP contribution >= 0.6 is 34.2 Å². The number of nitrogens with zero attached hydrogens (tertiary/aromatic N) is 1. The molecule has 1 amide bonds. The number of aromatic nitrogens is 1. The highest BCUT2D eigenvalue weighted by molar-refractivity contribution is 14.1. The highest BCUT2D eigenvalue weighted by Gasteiger charge is 2.18. The molecule has 0 spiro atoms. The molecule has 2 aromatic rings. The van der Waals surface area contributed by atoms with Crippen molar-refractivity contribution in [3.05, 3.63) is 65.6 Å². The van der Waals surface area contributed by atoms with Crippen LogP contribution in [0.2, 0.25) is 5.02 Å². The molecule has 0 aliphatic heterocycles. The van der Waals surface area contributed by atoms with Gasteiger partial charge in [0.15, 0.2) is 0 Å². The first kappa shape index (κ1) is 19.9. The van der Waals surface area contributed by atoms with E-state index in [2.05, 4.69) is 28.1 Å². The van der Waals surface area contributed by atoms with Crippen LogP contribution in [0, 0.1) is 10.5 Å². The number of carbonyl (C=O) groups is 1. The zero-order chi connectivity index (χ0) is 18.6. The molecule has 0 fully saturated rings. The SMILES string of the molecule is Cc1cc(C(=O)NOCCO)c(Cc2ccc(I)cc2Cl)n(C)c1=O. The number of aliphatic hydroxyl groups is 1. The molecule has 0 saturated heterocycles. The molecule has 134 valence electrons. The molecule has 0 radical (unpaired) electrons. The van der Waals surface area contributed by atoms with Crippen molar-refractivity contribution in [2.75, 3.05) is 13.2 Å². The molecule has 25 heavy (non-hydrogen) atoms. The first-order valence-electron chi connectivity index (χ1n) is 7.51. The van der Waals surface area contributed by atoms with Crippen LogP contribution in [0.15, 0.2) is 29.1 Å². The summed E-state index contributed by atoms with van der Waals surface area (Å²) in [6.07, 6.45) is 0.324. The molecule has 1 aromatic carbocycles. The van der Waals surface area contributed by atoms with Gasteiger partial charge in [0.2, 0.25) is 0 Å². The van der Waals surface area contributed by atoms with Crippen molar-refractivity contribution in [1.82, 2.24) is 10.0 Å². The normalized spacial score (nSPS) is 10.8. The Balaban J connectivity index is 2.45. The van der Waals surface area contributed by atoms with Crippen LogP contribution < -0.4 is 11.0 Å². The molecule has 1 aromatic heterocycles. The lowest BCUT2D eigenvalue weighted by atomic mass is 10.0. The molecule has 1 heterocycles. The third-order valence-corrected chi connectivity index (χ3v) is 4.72. The Hall–Kier alpha value is -1.42. The molecule has 2 N–H and O–H groups in total. The smallest absolute Gasteiger partial charge is 0.276 e. The molecule has 0 unspecified atom stereocenters. The molecule has 6 nitrogen and oxygen atoms in total. The lowest BCUT2D eigenvalue weighted by molar-refractivity contribution is 0.0167. The summed E-state index contributed by atoms with van der Waals surface area (Å²) in [5.74, 6) is -0.483. The predicted octanol–water partition coefficient (Wildman–Crippen LogP) is 2.20. The van der Waals surface area contributed by atoms with E-state index in [9.17, 15) is 9.59 Å². The first-order chi connectivity index (χ1) is 11.8. The van der Waals surface area contributed by atoms with Crippen LogP contribution in [0.25, 0.3) is 0 Å². The van der Waals surface area contributed by atoms with Crippen molar-refractivity contribution in [3.63, 3.8) is 0 Å². The molecule has 0 aliphatic rings. The van der Waals surface area contributed by atoms with Crippen molar-refractivity contribution in [3.8, 4) is 0 Å². The van der Waals surface area contributed by atoms with Crippen molar-refractivity contribution in [2.45, 2.75) is 13.3 Å². The lowest BCUT2D eigenvalue weighted by Crippen LogP contribution is -2.31. The average Bonchev–Trinajstić information content (AvgIpc) is 2.57. The zero-order valence-corrected chi connectivity index (χ0v) is 16.7. The molecule has 8 heteroatoms. The Kier molecular flexibility index (Phi) is 7.00. The van der Waals surface area contributed by atoms with Crippen LogP contribution in [-0.2, 0) is 18.3 Å². The fourth-order valence-electron chi connectivity index (χ4n) is 2.40. The second kappa shape index (κ2) is 8.79. The van der Waals surface area contributed by atoms with E-state index in [0.717, 1.165) is 9.13 Å². The first-order valence-corrected chi connectivity index (χ1v) is 8.97. The van der Waals surface area contributed by atoms with E-state index < -0.39 is 5.91 Å². The van der Waals surface area contributed by atoms with E-state index in [0.29, 0.717) is 28.3 Å². The summed E-state index contributed by atoms with van der Waals surface area (Å²) < 4.78 is 2.45. The van der Waals surface area contributed by atoms with Gasteiger partial charge in [-0.1, -0.05) is 17.7 Å². The second-order valence-corrected chi connectivity index (χ2v) is 7.12. The fourth-order valence-corrected chi connectivity index (χ4v) is 3.33. The summed E-state index contributed by atoms with van der Waals surface area (Å²) >= 11 is 8.46. The van der Waals surface area contributed by atoms with Gasteiger partial charge in [0.1, 0.15) is 0 Å². The number of carbonyl (C=O) groups excluding carboxylic acids is 1. The van der Waals surface area contributed by atoms with Crippen molar-refractivity contribution in [2.24, 2.45) is 7.05 Å². The number of halogens is 2. The number of aryl methyl sites for hydroxylation is 1. The molecular formula is C17H18ClIN2O4. The number of hydrogen-bond acceptors (Lipinski definition) is 4. The summed E-state index contributed by atoms with van der Waals surface area (Å²) in [7, 11) is 1.62. The third kappa shape index (κ3) is 4.81.